The Bertz CT molecular complexity index is 157. The standard InChI is InChI=1S/C7H21ClOSi3/c1-10(2,3)9-12(6,7)11(4,5)8/h1-7H3. The van der Waals surface area contributed by atoms with E-state index in [9.17, 15) is 0 Å². The van der Waals surface area contributed by atoms with Gasteiger partial charge < -0.3 is 4.12 Å². The van der Waals surface area contributed by atoms with Crippen molar-refractivity contribution in [2.24, 2.45) is 0 Å². The molecule has 12 heavy (non-hydrogen) atoms. The summed E-state index contributed by atoms with van der Waals surface area (Å²) in [5, 5.41) is 0. The highest BCUT2D eigenvalue weighted by molar-refractivity contribution is 7.57. The first-order valence-electron chi connectivity index (χ1n) is 4.35. The molecule has 0 spiro atoms. The highest BCUT2D eigenvalue weighted by Gasteiger charge is 2.44. The summed E-state index contributed by atoms with van der Waals surface area (Å²) in [5.74, 6) is 0. The van der Waals surface area contributed by atoms with Crippen molar-refractivity contribution in [1.82, 2.24) is 0 Å². The smallest absolute Gasteiger partial charge is 0.178 e. The van der Waals surface area contributed by atoms with Crippen molar-refractivity contribution in [3.8, 4) is 0 Å². The summed E-state index contributed by atoms with van der Waals surface area (Å²) < 4.78 is 6.20. The maximum absolute atomic E-state index is 6.43. The van der Waals surface area contributed by atoms with Crippen LogP contribution in [0.25, 0.3) is 0 Å². The lowest BCUT2D eigenvalue weighted by Crippen LogP contribution is -2.57. The van der Waals surface area contributed by atoms with E-state index in [0.717, 1.165) is 0 Å². The molecular weight excluding hydrogens is 220 g/mol. The fourth-order valence-electron chi connectivity index (χ4n) is 0.887. The van der Waals surface area contributed by atoms with Gasteiger partial charge in [0.15, 0.2) is 23.1 Å². The molecule has 0 amide bonds. The Balaban J connectivity index is 4.44. The highest BCUT2D eigenvalue weighted by Crippen LogP contribution is 2.26. The predicted molar refractivity (Wildman–Crippen MR) is 65.2 cm³/mol. The minimum atomic E-state index is -1.57. The SMILES string of the molecule is C[Si](C)(C)O[Si](C)(C)[Si](C)(C)Cl. The lowest BCUT2D eigenvalue weighted by molar-refractivity contribution is 0.571. The monoisotopic (exact) mass is 240 g/mol. The van der Waals surface area contributed by atoms with E-state index in [-0.39, 0.29) is 0 Å². The van der Waals surface area contributed by atoms with Crippen LogP contribution < -0.4 is 0 Å². The number of halogens is 1. The zero-order valence-electron chi connectivity index (χ0n) is 9.29. The van der Waals surface area contributed by atoms with Crippen LogP contribution in [0.4, 0.5) is 0 Å². The summed E-state index contributed by atoms with van der Waals surface area (Å²) >= 11 is 6.43. The highest BCUT2D eigenvalue weighted by atomic mass is 35.6. The maximum atomic E-state index is 6.43. The van der Waals surface area contributed by atoms with Crippen LogP contribution >= 0.6 is 11.1 Å². The molecule has 0 aromatic heterocycles. The Morgan fingerprint density at radius 1 is 0.833 bits per heavy atom. The molecule has 0 aliphatic heterocycles. The van der Waals surface area contributed by atoms with E-state index in [1.165, 1.54) is 0 Å². The van der Waals surface area contributed by atoms with Crippen LogP contribution in [0.2, 0.25) is 45.8 Å². The maximum Gasteiger partial charge on any atom is 0.178 e. The van der Waals surface area contributed by atoms with Crippen molar-refractivity contribution >= 4 is 34.1 Å². The largest absolute Gasteiger partial charge is 0.457 e. The molecule has 0 unspecified atom stereocenters. The fourth-order valence-corrected chi connectivity index (χ4v) is 14.0. The second-order valence-corrected chi connectivity index (χ2v) is 27.4. The quantitative estimate of drug-likeness (QED) is 0.542. The summed E-state index contributed by atoms with van der Waals surface area (Å²) in [7, 11) is -2.96. The van der Waals surface area contributed by atoms with Crippen LogP contribution in [0.3, 0.4) is 0 Å². The Labute approximate surface area is 84.2 Å². The summed E-state index contributed by atoms with van der Waals surface area (Å²) in [4.78, 5) is 0. The van der Waals surface area contributed by atoms with Gasteiger partial charge in [-0.15, -0.1) is 0 Å². The summed E-state index contributed by atoms with van der Waals surface area (Å²) in [5.41, 5.74) is 0. The van der Waals surface area contributed by atoms with E-state index in [4.69, 9.17) is 15.2 Å². The molecular formula is C7H21ClOSi3. The molecule has 0 fully saturated rings. The van der Waals surface area contributed by atoms with Crippen molar-refractivity contribution in [1.29, 1.82) is 0 Å². The van der Waals surface area contributed by atoms with Gasteiger partial charge in [-0.25, -0.2) is 0 Å². The lowest BCUT2D eigenvalue weighted by Gasteiger charge is -2.38. The minimum absolute atomic E-state index is 1.39. The number of hydrogen-bond acceptors (Lipinski definition) is 1. The molecule has 0 rings (SSSR count). The molecule has 0 heterocycles. The molecule has 0 aliphatic rings. The Kier molecular flexibility index (Phi) is 3.84. The van der Waals surface area contributed by atoms with Gasteiger partial charge in [-0.05, 0) is 32.7 Å². The van der Waals surface area contributed by atoms with Crippen molar-refractivity contribution in [3.05, 3.63) is 0 Å². The third kappa shape index (κ3) is 4.23. The van der Waals surface area contributed by atoms with Crippen LogP contribution in [0, 0.1) is 0 Å². The van der Waals surface area contributed by atoms with Crippen LogP contribution in [0.5, 0.6) is 0 Å². The lowest BCUT2D eigenvalue weighted by atomic mass is 11.8. The third-order valence-corrected chi connectivity index (χ3v) is 23.0. The van der Waals surface area contributed by atoms with Crippen molar-refractivity contribution < 1.29 is 4.12 Å². The zero-order chi connectivity index (χ0) is 10.2. The van der Waals surface area contributed by atoms with Gasteiger partial charge in [0.1, 0.15) is 0 Å². The zero-order valence-corrected chi connectivity index (χ0v) is 13.0. The average molecular weight is 241 g/mol. The average Bonchev–Trinajstić information content (AvgIpc) is 1.52. The molecule has 0 aromatic carbocycles. The van der Waals surface area contributed by atoms with Crippen LogP contribution in [-0.4, -0.2) is 23.1 Å². The third-order valence-electron chi connectivity index (χ3n) is 1.99. The van der Waals surface area contributed by atoms with Gasteiger partial charge in [0.25, 0.3) is 0 Å². The van der Waals surface area contributed by atoms with E-state index in [0.29, 0.717) is 0 Å². The first-order valence-corrected chi connectivity index (χ1v) is 15.7. The molecule has 0 aliphatic carbocycles. The molecule has 5 heteroatoms. The molecule has 74 valence electrons. The Morgan fingerprint density at radius 2 is 1.17 bits per heavy atom. The molecule has 0 saturated heterocycles. The van der Waals surface area contributed by atoms with Gasteiger partial charge in [-0.2, -0.15) is 11.1 Å². The molecule has 0 saturated carbocycles. The summed E-state index contributed by atoms with van der Waals surface area (Å²) in [6.45, 7) is 14.0. The van der Waals surface area contributed by atoms with Crippen molar-refractivity contribution in [2.45, 2.75) is 45.8 Å². The van der Waals surface area contributed by atoms with Gasteiger partial charge in [0.05, 0.1) is 0 Å². The number of rotatable bonds is 3. The van der Waals surface area contributed by atoms with E-state index in [1.54, 1.807) is 0 Å². The first-order chi connectivity index (χ1) is 4.96. The molecule has 0 N–H and O–H groups in total. The first kappa shape index (κ1) is 12.9. The minimum Gasteiger partial charge on any atom is -0.457 e. The number of hydrogen-bond donors (Lipinski definition) is 0. The van der Waals surface area contributed by atoms with E-state index < -0.39 is 23.1 Å². The Hall–Kier alpha value is 0.901. The van der Waals surface area contributed by atoms with Crippen molar-refractivity contribution in [3.63, 3.8) is 0 Å². The van der Waals surface area contributed by atoms with E-state index in [2.05, 4.69) is 45.8 Å². The summed E-state index contributed by atoms with van der Waals surface area (Å²) in [6.07, 6.45) is 0. The van der Waals surface area contributed by atoms with Gasteiger partial charge in [-0.3, -0.25) is 0 Å². The topological polar surface area (TPSA) is 9.23 Å². The van der Waals surface area contributed by atoms with Gasteiger partial charge in [-0.1, -0.05) is 13.1 Å². The predicted octanol–water partition coefficient (Wildman–Crippen LogP) is 3.57. The molecule has 0 aromatic rings. The van der Waals surface area contributed by atoms with E-state index in [1.807, 2.05) is 0 Å². The normalized spacial score (nSPS) is 15.0. The van der Waals surface area contributed by atoms with Gasteiger partial charge in [0.2, 0.25) is 0 Å². The van der Waals surface area contributed by atoms with Gasteiger partial charge in [0, 0.05) is 0 Å². The van der Waals surface area contributed by atoms with Crippen molar-refractivity contribution in [2.75, 3.05) is 0 Å². The fraction of sp³-hybridized carbons (Fsp3) is 1.00. The molecule has 0 radical (unpaired) electrons. The van der Waals surface area contributed by atoms with Crippen LogP contribution in [0.1, 0.15) is 0 Å². The second-order valence-electron chi connectivity index (χ2n) is 5.20. The van der Waals surface area contributed by atoms with Crippen LogP contribution in [0.15, 0.2) is 0 Å². The van der Waals surface area contributed by atoms with Gasteiger partial charge >= 0.3 is 0 Å². The molecule has 0 atom stereocenters. The van der Waals surface area contributed by atoms with Crippen LogP contribution in [-0.2, 0) is 4.12 Å². The second kappa shape index (κ2) is 3.57. The Morgan fingerprint density at radius 3 is 1.25 bits per heavy atom. The molecule has 0 bridgehead atoms. The van der Waals surface area contributed by atoms with E-state index >= 15 is 0 Å². The summed E-state index contributed by atoms with van der Waals surface area (Å²) in [6, 6.07) is 0. The molecule has 1 nitrogen and oxygen atoms in total.